The molecule has 3 nitrogen and oxygen atoms in total. The average Bonchev–Trinajstić information content (AvgIpc) is 2.19. The highest BCUT2D eigenvalue weighted by Gasteiger charge is 2.04. The average molecular weight is 210 g/mol. The molecule has 1 aromatic rings. The first-order valence-corrected chi connectivity index (χ1v) is 4.84. The second-order valence-electron chi connectivity index (χ2n) is 3.07. The van der Waals surface area contributed by atoms with E-state index < -0.39 is 0 Å². The number of hydrogen-bond donors (Lipinski definition) is 1. The normalized spacial score (nSPS) is 12.1. The fraction of sp³-hybridized carbons (Fsp3) is 0.400. The molecular formula is C10H14N2OS. The molecule has 1 heterocycles. The molecule has 0 aliphatic heterocycles. The highest BCUT2D eigenvalue weighted by molar-refractivity contribution is 7.80. The molecular weight excluding hydrogens is 196 g/mol. The number of thiocarbonyl (C=S) groups is 1. The van der Waals surface area contributed by atoms with E-state index in [1.807, 2.05) is 19.1 Å². The largest absolute Gasteiger partial charge is 0.383 e. The van der Waals surface area contributed by atoms with Gasteiger partial charge in [-0.2, -0.15) is 0 Å². The van der Waals surface area contributed by atoms with Gasteiger partial charge in [0.2, 0.25) is 0 Å². The quantitative estimate of drug-likeness (QED) is 0.761. The summed E-state index contributed by atoms with van der Waals surface area (Å²) in [6.45, 7) is 2.66. The zero-order valence-corrected chi connectivity index (χ0v) is 9.17. The number of ether oxygens (including phenoxy) is 1. The minimum absolute atomic E-state index is 0.215. The predicted octanol–water partition coefficient (Wildman–Crippen LogP) is 1.38. The van der Waals surface area contributed by atoms with Crippen molar-refractivity contribution in [2.45, 2.75) is 13.0 Å². The van der Waals surface area contributed by atoms with Gasteiger partial charge in [-0.25, -0.2) is 0 Å². The van der Waals surface area contributed by atoms with Crippen LogP contribution in [-0.4, -0.2) is 29.7 Å². The number of rotatable bonds is 4. The van der Waals surface area contributed by atoms with Crippen molar-refractivity contribution in [3.05, 3.63) is 30.1 Å². The summed E-state index contributed by atoms with van der Waals surface area (Å²) in [5.41, 5.74) is 0.936. The zero-order chi connectivity index (χ0) is 10.4. The van der Waals surface area contributed by atoms with Gasteiger partial charge in [0.25, 0.3) is 0 Å². The molecule has 0 spiro atoms. The number of nitrogens with zero attached hydrogens (tertiary/aromatic N) is 1. The Labute approximate surface area is 89.5 Å². The van der Waals surface area contributed by atoms with Crippen LogP contribution in [0.25, 0.3) is 0 Å². The van der Waals surface area contributed by atoms with Gasteiger partial charge in [0.15, 0.2) is 0 Å². The standard InChI is InChI=1S/C10H14N2OS/c1-8(7-13-2)12-10(14)9-4-3-5-11-6-9/h3-6,8H,7H2,1-2H3,(H,12,14). The lowest BCUT2D eigenvalue weighted by atomic mass is 10.2. The Morgan fingerprint density at radius 1 is 1.71 bits per heavy atom. The Balaban J connectivity index is 2.51. The summed E-state index contributed by atoms with van der Waals surface area (Å²) in [4.78, 5) is 4.71. The minimum Gasteiger partial charge on any atom is -0.383 e. The molecule has 0 saturated carbocycles. The first-order chi connectivity index (χ1) is 6.74. The molecule has 0 saturated heterocycles. The van der Waals surface area contributed by atoms with Crippen molar-refractivity contribution in [2.75, 3.05) is 13.7 Å². The summed E-state index contributed by atoms with van der Waals surface area (Å²) in [7, 11) is 1.67. The number of hydrogen-bond acceptors (Lipinski definition) is 3. The highest BCUT2D eigenvalue weighted by atomic mass is 32.1. The topological polar surface area (TPSA) is 34.1 Å². The fourth-order valence-electron chi connectivity index (χ4n) is 1.10. The van der Waals surface area contributed by atoms with E-state index in [-0.39, 0.29) is 6.04 Å². The third-order valence-electron chi connectivity index (χ3n) is 1.72. The molecule has 1 atom stereocenters. The number of pyridine rings is 1. The lowest BCUT2D eigenvalue weighted by molar-refractivity contribution is 0.179. The van der Waals surface area contributed by atoms with E-state index in [9.17, 15) is 0 Å². The monoisotopic (exact) mass is 210 g/mol. The molecule has 1 N–H and O–H groups in total. The summed E-state index contributed by atoms with van der Waals surface area (Å²) in [6, 6.07) is 4.01. The van der Waals surface area contributed by atoms with Crippen molar-refractivity contribution in [3.8, 4) is 0 Å². The molecule has 0 aliphatic rings. The molecule has 76 valence electrons. The Kier molecular flexibility index (Phi) is 4.49. The summed E-state index contributed by atoms with van der Waals surface area (Å²) < 4.78 is 5.00. The van der Waals surface area contributed by atoms with Crippen LogP contribution in [0.5, 0.6) is 0 Å². The SMILES string of the molecule is COCC(C)NC(=S)c1cccnc1. The maximum Gasteiger partial charge on any atom is 0.108 e. The van der Waals surface area contributed by atoms with Gasteiger partial charge in [0, 0.05) is 31.1 Å². The second kappa shape index (κ2) is 5.67. The molecule has 0 aliphatic carbocycles. The van der Waals surface area contributed by atoms with Gasteiger partial charge < -0.3 is 10.1 Å². The summed E-state index contributed by atoms with van der Waals surface area (Å²) >= 11 is 5.20. The number of aromatic nitrogens is 1. The van der Waals surface area contributed by atoms with E-state index in [0.29, 0.717) is 11.6 Å². The van der Waals surface area contributed by atoms with Gasteiger partial charge >= 0.3 is 0 Å². The second-order valence-corrected chi connectivity index (χ2v) is 3.48. The smallest absolute Gasteiger partial charge is 0.108 e. The Morgan fingerprint density at radius 3 is 3.07 bits per heavy atom. The number of methoxy groups -OCH3 is 1. The van der Waals surface area contributed by atoms with Crippen molar-refractivity contribution >= 4 is 17.2 Å². The zero-order valence-electron chi connectivity index (χ0n) is 8.36. The maximum atomic E-state index is 5.20. The fourth-order valence-corrected chi connectivity index (χ4v) is 1.42. The van der Waals surface area contributed by atoms with Crippen LogP contribution < -0.4 is 5.32 Å². The predicted molar refractivity (Wildman–Crippen MR) is 60.4 cm³/mol. The van der Waals surface area contributed by atoms with Gasteiger partial charge in [-0.1, -0.05) is 12.2 Å². The van der Waals surface area contributed by atoms with Gasteiger partial charge in [-0.05, 0) is 19.1 Å². The molecule has 1 unspecified atom stereocenters. The van der Waals surface area contributed by atoms with E-state index in [2.05, 4.69) is 10.3 Å². The molecule has 1 rings (SSSR count). The van der Waals surface area contributed by atoms with E-state index in [1.54, 1.807) is 19.5 Å². The summed E-state index contributed by atoms with van der Waals surface area (Å²) in [5.74, 6) is 0. The lowest BCUT2D eigenvalue weighted by Crippen LogP contribution is -2.34. The van der Waals surface area contributed by atoms with Gasteiger partial charge in [0.1, 0.15) is 4.99 Å². The van der Waals surface area contributed by atoms with E-state index >= 15 is 0 Å². The first kappa shape index (κ1) is 11.1. The minimum atomic E-state index is 0.215. The molecule has 4 heteroatoms. The summed E-state index contributed by atoms with van der Waals surface area (Å²) in [5, 5.41) is 3.16. The number of nitrogens with one attached hydrogen (secondary N) is 1. The van der Waals surface area contributed by atoms with E-state index in [1.165, 1.54) is 0 Å². The van der Waals surface area contributed by atoms with E-state index in [4.69, 9.17) is 17.0 Å². The van der Waals surface area contributed by atoms with Crippen molar-refractivity contribution in [1.29, 1.82) is 0 Å². The third kappa shape index (κ3) is 3.40. The maximum absolute atomic E-state index is 5.20. The van der Waals surface area contributed by atoms with Crippen LogP contribution in [0.3, 0.4) is 0 Å². The molecule has 0 aromatic carbocycles. The van der Waals surface area contributed by atoms with Crippen LogP contribution in [0.15, 0.2) is 24.5 Å². The van der Waals surface area contributed by atoms with E-state index in [0.717, 1.165) is 5.56 Å². The first-order valence-electron chi connectivity index (χ1n) is 4.44. The van der Waals surface area contributed by atoms with Crippen LogP contribution in [0.1, 0.15) is 12.5 Å². The molecule has 1 aromatic heterocycles. The van der Waals surface area contributed by atoms with Gasteiger partial charge in [-0.15, -0.1) is 0 Å². The van der Waals surface area contributed by atoms with Crippen LogP contribution in [0, 0.1) is 0 Å². The molecule has 0 amide bonds. The highest BCUT2D eigenvalue weighted by Crippen LogP contribution is 1.97. The van der Waals surface area contributed by atoms with Crippen molar-refractivity contribution in [1.82, 2.24) is 10.3 Å². The van der Waals surface area contributed by atoms with Gasteiger partial charge in [-0.3, -0.25) is 4.98 Å². The third-order valence-corrected chi connectivity index (χ3v) is 2.07. The summed E-state index contributed by atoms with van der Waals surface area (Å²) in [6.07, 6.45) is 3.47. The molecule has 0 radical (unpaired) electrons. The van der Waals surface area contributed by atoms with Crippen molar-refractivity contribution in [2.24, 2.45) is 0 Å². The van der Waals surface area contributed by atoms with Crippen LogP contribution in [0.2, 0.25) is 0 Å². The molecule has 0 fully saturated rings. The lowest BCUT2D eigenvalue weighted by Gasteiger charge is -2.14. The van der Waals surface area contributed by atoms with Crippen LogP contribution >= 0.6 is 12.2 Å². The molecule has 0 bridgehead atoms. The van der Waals surface area contributed by atoms with Crippen LogP contribution in [-0.2, 0) is 4.74 Å². The Hall–Kier alpha value is -1.00. The van der Waals surface area contributed by atoms with Crippen molar-refractivity contribution in [3.63, 3.8) is 0 Å². The van der Waals surface area contributed by atoms with Crippen LogP contribution in [0.4, 0.5) is 0 Å². The van der Waals surface area contributed by atoms with Gasteiger partial charge in [0.05, 0.1) is 6.61 Å². The Bertz CT molecular complexity index is 289. The Morgan fingerprint density at radius 2 is 2.50 bits per heavy atom. The van der Waals surface area contributed by atoms with Crippen molar-refractivity contribution < 1.29 is 4.74 Å². The molecule has 14 heavy (non-hydrogen) atoms.